The fourth-order valence-corrected chi connectivity index (χ4v) is 3.07. The van der Waals surface area contributed by atoms with Gasteiger partial charge in [0.15, 0.2) is 0 Å². The van der Waals surface area contributed by atoms with Gasteiger partial charge in [0.25, 0.3) is 0 Å². The highest BCUT2D eigenvalue weighted by atomic mass is 35.5. The fraction of sp³-hybridized carbons (Fsp3) is 0.0714. The zero-order valence-electron chi connectivity index (χ0n) is 11.0. The summed E-state index contributed by atoms with van der Waals surface area (Å²) in [4.78, 5) is 16.1. The molecule has 3 rings (SSSR count). The van der Waals surface area contributed by atoms with Gasteiger partial charge in [0.05, 0.1) is 33.2 Å². The van der Waals surface area contributed by atoms with Crippen molar-refractivity contribution in [2.24, 2.45) is 0 Å². The van der Waals surface area contributed by atoms with Crippen LogP contribution in [0.5, 0.6) is 0 Å². The summed E-state index contributed by atoms with van der Waals surface area (Å²) in [5.41, 5.74) is 1.09. The van der Waals surface area contributed by atoms with Gasteiger partial charge in [-0.1, -0.05) is 29.3 Å². The van der Waals surface area contributed by atoms with Crippen molar-refractivity contribution in [1.29, 1.82) is 0 Å². The standard InChI is InChI=1S/C14H9Cl2N3O2S/c15-10-2-1-8(3-11(10)16)12-5-17-13(22-12)7-19-6-9(4-18-19)14(20)21/h1-6H,7H2,(H,20,21). The molecule has 22 heavy (non-hydrogen) atoms. The molecule has 112 valence electrons. The molecule has 8 heteroatoms. The normalized spacial score (nSPS) is 10.8. The van der Waals surface area contributed by atoms with E-state index in [1.165, 1.54) is 23.7 Å². The second kappa shape index (κ2) is 6.08. The molecule has 2 aromatic heterocycles. The Bertz CT molecular complexity index is 844. The Hall–Kier alpha value is -1.89. The summed E-state index contributed by atoms with van der Waals surface area (Å²) in [7, 11) is 0. The highest BCUT2D eigenvalue weighted by molar-refractivity contribution is 7.15. The summed E-state index contributed by atoms with van der Waals surface area (Å²) in [6.45, 7) is 0.416. The number of carbonyl (C=O) groups is 1. The van der Waals surface area contributed by atoms with Crippen molar-refractivity contribution >= 4 is 40.5 Å². The number of hydrogen-bond acceptors (Lipinski definition) is 4. The van der Waals surface area contributed by atoms with Gasteiger partial charge in [0.1, 0.15) is 5.01 Å². The van der Waals surface area contributed by atoms with Gasteiger partial charge in [0, 0.05) is 12.4 Å². The Morgan fingerprint density at radius 3 is 2.77 bits per heavy atom. The maximum Gasteiger partial charge on any atom is 0.338 e. The van der Waals surface area contributed by atoms with Crippen molar-refractivity contribution in [3.05, 3.63) is 57.4 Å². The molecule has 0 amide bonds. The van der Waals surface area contributed by atoms with Crippen LogP contribution in [0.4, 0.5) is 0 Å². The molecule has 0 radical (unpaired) electrons. The number of carboxylic acids is 1. The molecule has 0 saturated heterocycles. The van der Waals surface area contributed by atoms with E-state index in [0.717, 1.165) is 15.4 Å². The predicted octanol–water partition coefficient (Wildman–Crippen LogP) is 4.06. The first-order valence-electron chi connectivity index (χ1n) is 6.19. The van der Waals surface area contributed by atoms with Crippen molar-refractivity contribution in [3.63, 3.8) is 0 Å². The first-order chi connectivity index (χ1) is 10.5. The lowest BCUT2D eigenvalue weighted by atomic mass is 10.2. The molecule has 2 heterocycles. The molecule has 0 saturated carbocycles. The van der Waals surface area contributed by atoms with E-state index in [9.17, 15) is 4.79 Å². The van der Waals surface area contributed by atoms with E-state index in [1.54, 1.807) is 23.0 Å². The second-order valence-electron chi connectivity index (χ2n) is 4.48. The third-order valence-electron chi connectivity index (χ3n) is 2.94. The summed E-state index contributed by atoms with van der Waals surface area (Å²) >= 11 is 13.4. The van der Waals surface area contributed by atoms with E-state index in [1.807, 2.05) is 6.07 Å². The van der Waals surface area contributed by atoms with Crippen LogP contribution in [0.15, 0.2) is 36.8 Å². The molecule has 0 unspecified atom stereocenters. The molecular formula is C14H9Cl2N3O2S. The van der Waals surface area contributed by atoms with Gasteiger partial charge in [-0.25, -0.2) is 9.78 Å². The highest BCUT2D eigenvalue weighted by Gasteiger charge is 2.10. The average Bonchev–Trinajstić information content (AvgIpc) is 3.12. The van der Waals surface area contributed by atoms with Crippen molar-refractivity contribution in [2.45, 2.75) is 6.54 Å². The van der Waals surface area contributed by atoms with Gasteiger partial charge >= 0.3 is 5.97 Å². The quantitative estimate of drug-likeness (QED) is 0.767. The number of benzene rings is 1. The minimum atomic E-state index is -0.998. The molecule has 3 aromatic rings. The molecule has 0 aliphatic heterocycles. The van der Waals surface area contributed by atoms with Crippen LogP contribution in [-0.2, 0) is 6.54 Å². The molecule has 1 N–H and O–H groups in total. The number of carboxylic acid groups (broad SMARTS) is 1. The van der Waals surface area contributed by atoms with Crippen LogP contribution in [0, 0.1) is 0 Å². The zero-order valence-corrected chi connectivity index (χ0v) is 13.4. The largest absolute Gasteiger partial charge is 0.478 e. The van der Waals surface area contributed by atoms with E-state index in [2.05, 4.69) is 10.1 Å². The Balaban J connectivity index is 1.80. The van der Waals surface area contributed by atoms with Crippen LogP contribution < -0.4 is 0 Å². The SMILES string of the molecule is O=C(O)c1cnn(Cc2ncc(-c3ccc(Cl)c(Cl)c3)s2)c1. The van der Waals surface area contributed by atoms with Gasteiger partial charge in [-0.05, 0) is 17.7 Å². The number of thiazole rings is 1. The Labute approximate surface area is 139 Å². The fourth-order valence-electron chi connectivity index (χ4n) is 1.87. The monoisotopic (exact) mass is 353 g/mol. The van der Waals surface area contributed by atoms with E-state index in [0.29, 0.717) is 16.6 Å². The summed E-state index contributed by atoms with van der Waals surface area (Å²) < 4.78 is 1.54. The van der Waals surface area contributed by atoms with Gasteiger partial charge < -0.3 is 5.11 Å². The molecule has 0 aliphatic carbocycles. The second-order valence-corrected chi connectivity index (χ2v) is 6.41. The summed E-state index contributed by atoms with van der Waals surface area (Å²) in [5, 5.41) is 14.7. The first-order valence-corrected chi connectivity index (χ1v) is 7.76. The number of hydrogen-bond donors (Lipinski definition) is 1. The molecule has 5 nitrogen and oxygen atoms in total. The third kappa shape index (κ3) is 3.14. The van der Waals surface area contributed by atoms with Crippen molar-refractivity contribution in [1.82, 2.24) is 14.8 Å². The zero-order chi connectivity index (χ0) is 15.7. The van der Waals surface area contributed by atoms with Crippen LogP contribution in [0.3, 0.4) is 0 Å². The molecular weight excluding hydrogens is 345 g/mol. The topological polar surface area (TPSA) is 68.0 Å². The van der Waals surface area contributed by atoms with Gasteiger partial charge in [0.2, 0.25) is 0 Å². The van der Waals surface area contributed by atoms with Gasteiger partial charge in [-0.15, -0.1) is 11.3 Å². The van der Waals surface area contributed by atoms with Gasteiger partial charge in [-0.3, -0.25) is 4.68 Å². The summed E-state index contributed by atoms with van der Waals surface area (Å²) in [6, 6.07) is 5.41. The highest BCUT2D eigenvalue weighted by Crippen LogP contribution is 2.31. The lowest BCUT2D eigenvalue weighted by molar-refractivity contribution is 0.0697. The van der Waals surface area contributed by atoms with Crippen molar-refractivity contribution < 1.29 is 9.90 Å². The maximum absolute atomic E-state index is 10.8. The lowest BCUT2D eigenvalue weighted by Gasteiger charge is -1.99. The molecule has 1 aromatic carbocycles. The van der Waals surface area contributed by atoms with E-state index < -0.39 is 5.97 Å². The number of nitrogens with zero attached hydrogens (tertiary/aromatic N) is 3. The Kier molecular flexibility index (Phi) is 4.15. The summed E-state index contributed by atoms with van der Waals surface area (Å²) in [6.07, 6.45) is 4.54. The minimum Gasteiger partial charge on any atom is -0.478 e. The number of halogens is 2. The predicted molar refractivity (Wildman–Crippen MR) is 85.9 cm³/mol. The molecule has 0 aliphatic rings. The number of rotatable bonds is 4. The van der Waals surface area contributed by atoms with Crippen LogP contribution in [-0.4, -0.2) is 25.8 Å². The molecule has 0 fully saturated rings. The molecule has 0 atom stereocenters. The number of aromatic nitrogens is 3. The maximum atomic E-state index is 10.8. The van der Waals surface area contributed by atoms with Crippen molar-refractivity contribution in [2.75, 3.05) is 0 Å². The summed E-state index contributed by atoms with van der Waals surface area (Å²) in [5.74, 6) is -0.998. The molecule has 0 bridgehead atoms. The van der Waals surface area contributed by atoms with E-state index >= 15 is 0 Å². The number of aromatic carboxylic acids is 1. The average molecular weight is 354 g/mol. The van der Waals surface area contributed by atoms with E-state index in [-0.39, 0.29) is 5.56 Å². The van der Waals surface area contributed by atoms with Crippen LogP contribution in [0.25, 0.3) is 10.4 Å². The lowest BCUT2D eigenvalue weighted by Crippen LogP contribution is -1.99. The third-order valence-corrected chi connectivity index (χ3v) is 4.71. The Morgan fingerprint density at radius 1 is 1.27 bits per heavy atom. The van der Waals surface area contributed by atoms with Crippen LogP contribution in [0.1, 0.15) is 15.4 Å². The Morgan fingerprint density at radius 2 is 2.09 bits per heavy atom. The van der Waals surface area contributed by atoms with Crippen LogP contribution >= 0.6 is 34.5 Å². The van der Waals surface area contributed by atoms with Crippen LogP contribution in [0.2, 0.25) is 10.0 Å². The smallest absolute Gasteiger partial charge is 0.338 e. The van der Waals surface area contributed by atoms with Crippen molar-refractivity contribution in [3.8, 4) is 10.4 Å². The van der Waals surface area contributed by atoms with Gasteiger partial charge in [-0.2, -0.15) is 5.10 Å². The first kappa shape index (κ1) is 15.0. The minimum absolute atomic E-state index is 0.154. The molecule has 0 spiro atoms. The van der Waals surface area contributed by atoms with E-state index in [4.69, 9.17) is 28.3 Å².